The van der Waals surface area contributed by atoms with Crippen molar-refractivity contribution in [3.8, 4) is 0 Å². The van der Waals surface area contributed by atoms with E-state index in [4.69, 9.17) is 5.73 Å². The predicted molar refractivity (Wildman–Crippen MR) is 83.4 cm³/mol. The summed E-state index contributed by atoms with van der Waals surface area (Å²) < 4.78 is 0. The number of benzene rings is 2. The molecule has 0 aliphatic carbocycles. The van der Waals surface area contributed by atoms with Crippen LogP contribution in [0.1, 0.15) is 46.0 Å². The van der Waals surface area contributed by atoms with Gasteiger partial charge in [0.05, 0.1) is 0 Å². The van der Waals surface area contributed by atoms with Crippen LogP contribution in [-0.4, -0.2) is 11.8 Å². The van der Waals surface area contributed by atoms with Crippen molar-refractivity contribution in [2.45, 2.75) is 19.8 Å². The third-order valence-corrected chi connectivity index (χ3v) is 3.24. The molecule has 21 heavy (non-hydrogen) atoms. The van der Waals surface area contributed by atoms with E-state index in [2.05, 4.69) is 19.2 Å². The molecule has 0 fully saturated rings. The summed E-state index contributed by atoms with van der Waals surface area (Å²) in [5, 5.41) is 2.76. The molecular formula is C17H18N2O2. The van der Waals surface area contributed by atoms with E-state index in [9.17, 15) is 9.59 Å². The monoisotopic (exact) mass is 282 g/mol. The first-order valence-electron chi connectivity index (χ1n) is 6.78. The molecule has 3 N–H and O–H groups in total. The zero-order valence-electron chi connectivity index (χ0n) is 12.1. The fourth-order valence-corrected chi connectivity index (χ4v) is 1.97. The summed E-state index contributed by atoms with van der Waals surface area (Å²) in [5.41, 5.74) is 7.88. The first kappa shape index (κ1) is 14.8. The van der Waals surface area contributed by atoms with Gasteiger partial charge in [0, 0.05) is 16.8 Å². The molecule has 0 bridgehead atoms. The zero-order chi connectivity index (χ0) is 15.4. The van der Waals surface area contributed by atoms with Crippen LogP contribution in [0.25, 0.3) is 0 Å². The van der Waals surface area contributed by atoms with Crippen molar-refractivity contribution in [1.29, 1.82) is 0 Å². The summed E-state index contributed by atoms with van der Waals surface area (Å²) in [5.74, 6) is -0.311. The van der Waals surface area contributed by atoms with Crippen molar-refractivity contribution in [3.63, 3.8) is 0 Å². The Bertz CT molecular complexity index is 661. The van der Waals surface area contributed by atoms with Gasteiger partial charge in [-0.1, -0.05) is 32.0 Å². The standard InChI is InChI=1S/C17H18N2O2/c1-11(2)12-6-8-13(9-7-12)17(21)19-15-5-3-4-14(10-15)16(18)20/h3-11H,1-2H3,(H2,18,20)(H,19,21). The number of nitrogens with two attached hydrogens (primary N) is 1. The third-order valence-electron chi connectivity index (χ3n) is 3.24. The molecule has 0 radical (unpaired) electrons. The highest BCUT2D eigenvalue weighted by molar-refractivity contribution is 6.05. The number of hydrogen-bond acceptors (Lipinski definition) is 2. The quantitative estimate of drug-likeness (QED) is 0.904. The lowest BCUT2D eigenvalue weighted by Gasteiger charge is -2.08. The fourth-order valence-electron chi connectivity index (χ4n) is 1.97. The Hall–Kier alpha value is -2.62. The number of carbonyl (C=O) groups is 2. The van der Waals surface area contributed by atoms with Gasteiger partial charge in [-0.2, -0.15) is 0 Å². The van der Waals surface area contributed by atoms with E-state index < -0.39 is 5.91 Å². The molecule has 2 amide bonds. The van der Waals surface area contributed by atoms with Gasteiger partial charge >= 0.3 is 0 Å². The average molecular weight is 282 g/mol. The lowest BCUT2D eigenvalue weighted by atomic mass is 10.0. The molecule has 0 aliphatic heterocycles. The van der Waals surface area contributed by atoms with Crippen molar-refractivity contribution in [2.75, 3.05) is 5.32 Å². The maximum absolute atomic E-state index is 12.1. The van der Waals surface area contributed by atoms with Crippen LogP contribution in [-0.2, 0) is 0 Å². The minimum atomic E-state index is -0.521. The zero-order valence-corrected chi connectivity index (χ0v) is 12.1. The molecule has 2 aromatic rings. The van der Waals surface area contributed by atoms with E-state index in [0.29, 0.717) is 22.7 Å². The summed E-state index contributed by atoms with van der Waals surface area (Å²) in [7, 11) is 0. The number of hydrogen-bond donors (Lipinski definition) is 2. The van der Waals surface area contributed by atoms with Gasteiger partial charge < -0.3 is 11.1 Å². The molecular weight excluding hydrogens is 264 g/mol. The number of anilines is 1. The van der Waals surface area contributed by atoms with Crippen molar-refractivity contribution < 1.29 is 9.59 Å². The van der Waals surface area contributed by atoms with Gasteiger partial charge in [0.25, 0.3) is 5.91 Å². The Morgan fingerprint density at radius 3 is 2.24 bits per heavy atom. The Morgan fingerprint density at radius 1 is 1.00 bits per heavy atom. The van der Waals surface area contributed by atoms with Crippen LogP contribution in [0.2, 0.25) is 0 Å². The SMILES string of the molecule is CC(C)c1ccc(C(=O)Nc2cccc(C(N)=O)c2)cc1. The molecule has 4 nitrogen and oxygen atoms in total. The second-order valence-electron chi connectivity index (χ2n) is 5.18. The average Bonchev–Trinajstić information content (AvgIpc) is 2.47. The second kappa shape index (κ2) is 6.22. The van der Waals surface area contributed by atoms with E-state index in [1.54, 1.807) is 36.4 Å². The van der Waals surface area contributed by atoms with Crippen LogP contribution in [0.3, 0.4) is 0 Å². The highest BCUT2D eigenvalue weighted by Crippen LogP contribution is 2.16. The van der Waals surface area contributed by atoms with Gasteiger partial charge in [-0.25, -0.2) is 0 Å². The van der Waals surface area contributed by atoms with Crippen molar-refractivity contribution >= 4 is 17.5 Å². The van der Waals surface area contributed by atoms with Gasteiger partial charge in [-0.15, -0.1) is 0 Å². The van der Waals surface area contributed by atoms with Crippen LogP contribution in [0.4, 0.5) is 5.69 Å². The van der Waals surface area contributed by atoms with E-state index in [1.165, 1.54) is 5.56 Å². The Kier molecular flexibility index (Phi) is 4.38. The summed E-state index contributed by atoms with van der Waals surface area (Å²) >= 11 is 0. The van der Waals surface area contributed by atoms with Gasteiger partial charge in [-0.3, -0.25) is 9.59 Å². The van der Waals surface area contributed by atoms with Gasteiger partial charge in [0.2, 0.25) is 5.91 Å². The van der Waals surface area contributed by atoms with Crippen molar-refractivity contribution in [1.82, 2.24) is 0 Å². The number of carbonyl (C=O) groups excluding carboxylic acids is 2. The molecule has 0 heterocycles. The van der Waals surface area contributed by atoms with Crippen molar-refractivity contribution in [2.24, 2.45) is 5.73 Å². The van der Waals surface area contributed by atoms with E-state index in [1.807, 2.05) is 12.1 Å². The first-order chi connectivity index (χ1) is 9.97. The highest BCUT2D eigenvalue weighted by Gasteiger charge is 2.08. The predicted octanol–water partition coefficient (Wildman–Crippen LogP) is 3.16. The number of rotatable bonds is 4. The maximum Gasteiger partial charge on any atom is 0.255 e. The molecule has 0 saturated heterocycles. The summed E-state index contributed by atoms with van der Waals surface area (Å²) in [6.07, 6.45) is 0. The Balaban J connectivity index is 2.14. The van der Waals surface area contributed by atoms with Crippen LogP contribution in [0.15, 0.2) is 48.5 Å². The van der Waals surface area contributed by atoms with E-state index >= 15 is 0 Å². The van der Waals surface area contributed by atoms with Gasteiger partial charge in [0.15, 0.2) is 0 Å². The highest BCUT2D eigenvalue weighted by atomic mass is 16.2. The molecule has 0 aliphatic rings. The molecule has 0 spiro atoms. The van der Waals surface area contributed by atoms with E-state index in [0.717, 1.165) is 0 Å². The van der Waals surface area contributed by atoms with Gasteiger partial charge in [0.1, 0.15) is 0 Å². The number of amides is 2. The molecule has 0 aromatic heterocycles. The van der Waals surface area contributed by atoms with Crippen LogP contribution < -0.4 is 11.1 Å². The smallest absolute Gasteiger partial charge is 0.255 e. The van der Waals surface area contributed by atoms with Gasteiger partial charge in [-0.05, 0) is 41.8 Å². The third kappa shape index (κ3) is 3.69. The minimum absolute atomic E-state index is 0.216. The maximum atomic E-state index is 12.1. The molecule has 0 unspecified atom stereocenters. The van der Waals surface area contributed by atoms with Crippen molar-refractivity contribution in [3.05, 3.63) is 65.2 Å². The fraction of sp³-hybridized carbons (Fsp3) is 0.176. The second-order valence-corrected chi connectivity index (χ2v) is 5.18. The molecule has 2 rings (SSSR count). The largest absolute Gasteiger partial charge is 0.366 e. The summed E-state index contributed by atoms with van der Waals surface area (Å²) in [6, 6.07) is 14.0. The topological polar surface area (TPSA) is 72.2 Å². The summed E-state index contributed by atoms with van der Waals surface area (Å²) in [6.45, 7) is 4.20. The molecule has 108 valence electrons. The minimum Gasteiger partial charge on any atom is -0.366 e. The first-order valence-corrected chi connectivity index (χ1v) is 6.78. The molecule has 0 atom stereocenters. The van der Waals surface area contributed by atoms with Crippen LogP contribution in [0, 0.1) is 0 Å². The Labute approximate surface area is 124 Å². The number of nitrogens with one attached hydrogen (secondary N) is 1. The molecule has 0 saturated carbocycles. The lowest BCUT2D eigenvalue weighted by molar-refractivity contribution is 0.0996. The van der Waals surface area contributed by atoms with Crippen LogP contribution in [0.5, 0.6) is 0 Å². The molecule has 4 heteroatoms. The molecule has 2 aromatic carbocycles. The number of primary amides is 1. The summed E-state index contributed by atoms with van der Waals surface area (Å²) in [4.78, 5) is 23.3. The van der Waals surface area contributed by atoms with E-state index in [-0.39, 0.29) is 5.91 Å². The Morgan fingerprint density at radius 2 is 1.67 bits per heavy atom. The normalized spacial score (nSPS) is 10.4. The lowest BCUT2D eigenvalue weighted by Crippen LogP contribution is -2.14. The van der Waals surface area contributed by atoms with Crippen LogP contribution >= 0.6 is 0 Å².